The third-order valence-corrected chi connectivity index (χ3v) is 6.34. The summed E-state index contributed by atoms with van der Waals surface area (Å²) in [5.41, 5.74) is -0.253. The summed E-state index contributed by atoms with van der Waals surface area (Å²) >= 11 is 0. The van der Waals surface area contributed by atoms with Crippen LogP contribution in [0.3, 0.4) is 0 Å². The smallest absolute Gasteiger partial charge is 0.225 e. The number of nitrogens with one attached hydrogen (secondary N) is 1. The molecule has 0 spiro atoms. The summed E-state index contributed by atoms with van der Waals surface area (Å²) in [6, 6.07) is 0.161. The third kappa shape index (κ3) is 6.08. The van der Waals surface area contributed by atoms with Crippen LogP contribution in [0, 0.1) is 40.4 Å². The number of carbonyl (C=O) groups excluding carboxylic acids is 1. The molecule has 0 aromatic rings. The average Bonchev–Trinajstić information content (AvgIpc) is 2.35. The highest BCUT2D eigenvalue weighted by molar-refractivity contribution is 5.82. The molecule has 0 rings (SSSR count). The number of hydrogen-bond acceptors (Lipinski definition) is 1. The Bertz CT molecular complexity index is 385. The van der Waals surface area contributed by atoms with E-state index in [9.17, 15) is 4.79 Å². The molecule has 2 unspecified atom stereocenters. The fraction of sp³-hybridized carbons (Fsp3) is 0.955. The molecule has 0 aliphatic rings. The molecule has 144 valence electrons. The zero-order valence-electron chi connectivity index (χ0n) is 18.6. The Hall–Kier alpha value is -0.530. The van der Waals surface area contributed by atoms with Crippen molar-refractivity contribution in [1.82, 2.24) is 5.32 Å². The maximum atomic E-state index is 12.9. The summed E-state index contributed by atoms with van der Waals surface area (Å²) < 4.78 is 0. The van der Waals surface area contributed by atoms with Crippen molar-refractivity contribution in [3.05, 3.63) is 0 Å². The lowest BCUT2D eigenvalue weighted by atomic mass is 9.64. The van der Waals surface area contributed by atoms with Gasteiger partial charge in [-0.2, -0.15) is 0 Å². The number of hydrogen-bond donors (Lipinski definition) is 1. The van der Waals surface area contributed by atoms with Gasteiger partial charge in [0.15, 0.2) is 0 Å². The lowest BCUT2D eigenvalue weighted by Crippen LogP contribution is -2.52. The van der Waals surface area contributed by atoms with Gasteiger partial charge in [0.05, 0.1) is 0 Å². The van der Waals surface area contributed by atoms with Gasteiger partial charge in [0, 0.05) is 11.5 Å². The average molecular weight is 340 g/mol. The van der Waals surface area contributed by atoms with Gasteiger partial charge < -0.3 is 5.32 Å². The Kier molecular flexibility index (Phi) is 8.52. The molecular weight excluding hydrogens is 294 g/mol. The lowest BCUT2D eigenvalue weighted by molar-refractivity contribution is -0.132. The minimum absolute atomic E-state index is 0.0672. The van der Waals surface area contributed by atoms with Crippen molar-refractivity contribution in [2.45, 2.75) is 95.5 Å². The Labute approximate surface area is 152 Å². The van der Waals surface area contributed by atoms with Gasteiger partial charge in [-0.15, -0.1) is 0 Å². The highest BCUT2D eigenvalue weighted by Crippen LogP contribution is 2.41. The van der Waals surface area contributed by atoms with Crippen LogP contribution >= 0.6 is 0 Å². The Balaban J connectivity index is 5.13. The molecule has 0 aromatic heterocycles. The van der Waals surface area contributed by atoms with Crippen molar-refractivity contribution >= 4 is 5.91 Å². The second-order valence-electron chi connectivity index (χ2n) is 10.3. The normalized spacial score (nSPS) is 16.2. The molecule has 0 radical (unpaired) electrons. The molecule has 0 aliphatic heterocycles. The highest BCUT2D eigenvalue weighted by Gasteiger charge is 2.40. The van der Waals surface area contributed by atoms with Crippen molar-refractivity contribution in [2.75, 3.05) is 0 Å². The molecule has 1 amide bonds. The predicted octanol–water partition coefficient (Wildman–Crippen LogP) is 6.15. The van der Waals surface area contributed by atoms with Crippen molar-refractivity contribution < 1.29 is 4.79 Å². The van der Waals surface area contributed by atoms with E-state index in [2.05, 4.69) is 88.4 Å². The van der Waals surface area contributed by atoms with E-state index in [1.807, 2.05) is 0 Å². The van der Waals surface area contributed by atoms with Gasteiger partial charge in [-0.3, -0.25) is 4.79 Å². The fourth-order valence-corrected chi connectivity index (χ4v) is 4.49. The first kappa shape index (κ1) is 23.5. The quantitative estimate of drug-likeness (QED) is 0.536. The van der Waals surface area contributed by atoms with Crippen LogP contribution in [0.4, 0.5) is 0 Å². The van der Waals surface area contributed by atoms with E-state index in [1.165, 1.54) is 0 Å². The minimum atomic E-state index is -0.320. The van der Waals surface area contributed by atoms with Crippen LogP contribution in [0.2, 0.25) is 0 Å². The van der Waals surface area contributed by atoms with E-state index in [0.29, 0.717) is 29.6 Å². The molecule has 0 saturated carbocycles. The molecule has 0 bridgehead atoms. The van der Waals surface area contributed by atoms with Crippen LogP contribution in [0.25, 0.3) is 0 Å². The second kappa shape index (κ2) is 8.72. The van der Waals surface area contributed by atoms with Crippen LogP contribution in [0.1, 0.15) is 89.5 Å². The molecule has 1 N–H and O–H groups in total. The zero-order valence-corrected chi connectivity index (χ0v) is 18.6. The van der Waals surface area contributed by atoms with E-state index >= 15 is 0 Å². The fourth-order valence-electron chi connectivity index (χ4n) is 4.49. The Morgan fingerprint density at radius 3 is 1.54 bits per heavy atom. The van der Waals surface area contributed by atoms with Crippen molar-refractivity contribution in [3.8, 4) is 0 Å². The van der Waals surface area contributed by atoms with E-state index < -0.39 is 0 Å². The van der Waals surface area contributed by atoms with Gasteiger partial charge >= 0.3 is 0 Å². The van der Waals surface area contributed by atoms with Crippen molar-refractivity contribution in [2.24, 2.45) is 40.4 Å². The van der Waals surface area contributed by atoms with Crippen LogP contribution in [0.5, 0.6) is 0 Å². The summed E-state index contributed by atoms with van der Waals surface area (Å²) in [7, 11) is 0. The molecular formula is C22H45NO. The maximum absolute atomic E-state index is 12.9. The van der Waals surface area contributed by atoms with Crippen LogP contribution in [0.15, 0.2) is 0 Å². The molecule has 0 saturated heterocycles. The minimum Gasteiger partial charge on any atom is -0.353 e. The largest absolute Gasteiger partial charge is 0.353 e. The van der Waals surface area contributed by atoms with Crippen molar-refractivity contribution in [3.63, 3.8) is 0 Å². The molecule has 0 heterocycles. The standard InChI is InChI=1S/C22H45NO/c1-14(2)17(7)13-21(9,10)20(24)23-18(8)22(11,12)19(15(3)4)16(5)6/h14-19H,13H2,1-12H3,(H,23,24). The van der Waals surface area contributed by atoms with Gasteiger partial charge in [-0.25, -0.2) is 0 Å². The number of rotatable bonds is 9. The lowest BCUT2D eigenvalue weighted by Gasteiger charge is -2.45. The first-order valence-electron chi connectivity index (χ1n) is 9.95. The highest BCUT2D eigenvalue weighted by atomic mass is 16.2. The van der Waals surface area contributed by atoms with Crippen molar-refractivity contribution in [1.29, 1.82) is 0 Å². The molecule has 2 nitrogen and oxygen atoms in total. The summed E-state index contributed by atoms with van der Waals surface area (Å²) in [4.78, 5) is 12.9. The molecule has 0 aromatic carbocycles. The third-order valence-electron chi connectivity index (χ3n) is 6.34. The maximum Gasteiger partial charge on any atom is 0.225 e. The van der Waals surface area contributed by atoms with Gasteiger partial charge in [-0.1, -0.05) is 76.2 Å². The topological polar surface area (TPSA) is 29.1 Å². The number of amides is 1. The zero-order chi connectivity index (χ0) is 19.5. The summed E-state index contributed by atoms with van der Waals surface area (Å²) in [6.07, 6.45) is 0.932. The van der Waals surface area contributed by atoms with Gasteiger partial charge in [0.2, 0.25) is 5.91 Å². The molecule has 2 heteroatoms. The first-order chi connectivity index (χ1) is 10.6. The first-order valence-corrected chi connectivity index (χ1v) is 9.95. The monoisotopic (exact) mass is 339 g/mol. The van der Waals surface area contributed by atoms with Gasteiger partial charge in [0.25, 0.3) is 0 Å². The number of carbonyl (C=O) groups is 1. The van der Waals surface area contributed by atoms with Gasteiger partial charge in [-0.05, 0) is 48.3 Å². The summed E-state index contributed by atoms with van der Waals surface area (Å²) in [6.45, 7) is 26.9. The second-order valence-corrected chi connectivity index (χ2v) is 10.3. The summed E-state index contributed by atoms with van der Waals surface area (Å²) in [5, 5.41) is 3.36. The van der Waals surface area contributed by atoms with E-state index in [1.54, 1.807) is 0 Å². The van der Waals surface area contributed by atoms with Crippen LogP contribution < -0.4 is 5.32 Å². The predicted molar refractivity (Wildman–Crippen MR) is 107 cm³/mol. The molecule has 24 heavy (non-hydrogen) atoms. The van der Waals surface area contributed by atoms with E-state index in [0.717, 1.165) is 6.42 Å². The van der Waals surface area contributed by atoms with Crippen LogP contribution in [-0.2, 0) is 4.79 Å². The summed E-state index contributed by atoms with van der Waals surface area (Å²) in [5.74, 6) is 3.14. The molecule has 2 atom stereocenters. The Morgan fingerprint density at radius 2 is 1.21 bits per heavy atom. The SMILES string of the molecule is CC(C)C(C)CC(C)(C)C(=O)NC(C)C(C)(C)C(C(C)C)C(C)C. The Morgan fingerprint density at radius 1 is 0.792 bits per heavy atom. The van der Waals surface area contributed by atoms with Crippen LogP contribution in [-0.4, -0.2) is 11.9 Å². The van der Waals surface area contributed by atoms with E-state index in [4.69, 9.17) is 0 Å². The van der Waals surface area contributed by atoms with E-state index in [-0.39, 0.29) is 22.8 Å². The molecule has 0 fully saturated rings. The molecule has 0 aliphatic carbocycles. The van der Waals surface area contributed by atoms with Gasteiger partial charge in [0.1, 0.15) is 0 Å².